The van der Waals surface area contributed by atoms with Gasteiger partial charge in [0.25, 0.3) is 5.91 Å². The highest BCUT2D eigenvalue weighted by Gasteiger charge is 2.26. The minimum Gasteiger partial charge on any atom is -0.463 e. The van der Waals surface area contributed by atoms with E-state index < -0.39 is 5.60 Å². The number of rotatable bonds is 8. The fourth-order valence-electron chi connectivity index (χ4n) is 2.43. The maximum atomic E-state index is 12.0. The highest BCUT2D eigenvalue weighted by molar-refractivity contribution is 5.94. The van der Waals surface area contributed by atoms with Crippen molar-refractivity contribution in [2.75, 3.05) is 26.2 Å². The third kappa shape index (κ3) is 6.45. The number of nitrogens with one attached hydrogen (secondary N) is 3. The van der Waals surface area contributed by atoms with E-state index in [2.05, 4.69) is 20.9 Å². The molecule has 0 saturated heterocycles. The number of benzene rings is 1. The quantitative estimate of drug-likeness (QED) is 0.322. The van der Waals surface area contributed by atoms with Crippen molar-refractivity contribution >= 4 is 11.9 Å². The first-order chi connectivity index (χ1) is 12.9. The molecule has 1 atom stereocenters. The van der Waals surface area contributed by atoms with Gasteiger partial charge in [0, 0.05) is 25.2 Å². The number of aliphatic hydroxyl groups is 1. The van der Waals surface area contributed by atoms with Gasteiger partial charge in [-0.25, -0.2) is 4.99 Å². The Hall–Kier alpha value is -2.80. The van der Waals surface area contributed by atoms with Gasteiger partial charge in [0.15, 0.2) is 5.96 Å². The molecule has 0 aliphatic carbocycles. The monoisotopic (exact) mass is 372 g/mol. The van der Waals surface area contributed by atoms with Crippen molar-refractivity contribution < 1.29 is 14.3 Å². The summed E-state index contributed by atoms with van der Waals surface area (Å²) in [5, 5.41) is 19.7. The average Bonchev–Trinajstić information content (AvgIpc) is 3.11. The molecule has 0 aliphatic rings. The van der Waals surface area contributed by atoms with Crippen LogP contribution in [0.3, 0.4) is 0 Å². The van der Waals surface area contributed by atoms with Crippen molar-refractivity contribution in [3.8, 4) is 0 Å². The second-order valence-corrected chi connectivity index (χ2v) is 6.43. The minimum absolute atomic E-state index is 0.115. The molecule has 1 amide bonds. The highest BCUT2D eigenvalue weighted by atomic mass is 16.4. The molecule has 1 aromatic carbocycles. The largest absolute Gasteiger partial charge is 0.463 e. The van der Waals surface area contributed by atoms with Crippen LogP contribution in [0.4, 0.5) is 0 Å². The molecule has 7 nitrogen and oxygen atoms in total. The molecule has 0 bridgehead atoms. The topological polar surface area (TPSA) is 98.9 Å². The summed E-state index contributed by atoms with van der Waals surface area (Å²) in [6.07, 6.45) is 0. The molecule has 0 radical (unpaired) electrons. The van der Waals surface area contributed by atoms with Gasteiger partial charge < -0.3 is 25.5 Å². The van der Waals surface area contributed by atoms with Crippen LogP contribution in [0.5, 0.6) is 0 Å². The van der Waals surface area contributed by atoms with Crippen molar-refractivity contribution in [1.29, 1.82) is 0 Å². The first-order valence-corrected chi connectivity index (χ1v) is 9.07. The number of hydrogen-bond donors (Lipinski definition) is 4. The van der Waals surface area contributed by atoms with Crippen molar-refractivity contribution in [1.82, 2.24) is 16.0 Å². The molecular formula is C20H28N4O3. The number of guanidine groups is 1. The van der Waals surface area contributed by atoms with Crippen LogP contribution in [0.2, 0.25) is 0 Å². The predicted molar refractivity (Wildman–Crippen MR) is 106 cm³/mol. The number of aryl methyl sites for hydroxylation is 1. The van der Waals surface area contributed by atoms with Gasteiger partial charge in [-0.15, -0.1) is 0 Å². The van der Waals surface area contributed by atoms with Crippen molar-refractivity contribution in [2.45, 2.75) is 26.4 Å². The number of carbonyl (C=O) groups is 1. The maximum absolute atomic E-state index is 12.0. The standard InChI is InChI=1S/C20H28N4O3/c1-4-21-19(24-14-20(3,26)17-11-10-15(2)27-17)23-13-12-22-18(25)16-8-6-5-7-9-16/h5-11,26H,4,12-14H2,1-3H3,(H,22,25)(H2,21,23,24). The van der Waals surface area contributed by atoms with Crippen LogP contribution in [0.1, 0.15) is 35.7 Å². The van der Waals surface area contributed by atoms with E-state index in [4.69, 9.17) is 4.42 Å². The summed E-state index contributed by atoms with van der Waals surface area (Å²) < 4.78 is 5.50. The molecule has 4 N–H and O–H groups in total. The normalized spacial score (nSPS) is 13.7. The number of aliphatic imine (C=N–C) groups is 1. The number of carbonyl (C=O) groups excluding carboxylic acids is 1. The lowest BCUT2D eigenvalue weighted by atomic mass is 10.0. The highest BCUT2D eigenvalue weighted by Crippen LogP contribution is 2.22. The Balaban J connectivity index is 1.83. The molecule has 1 heterocycles. The summed E-state index contributed by atoms with van der Waals surface area (Å²) >= 11 is 0. The number of hydrogen-bond acceptors (Lipinski definition) is 4. The Bertz CT molecular complexity index is 754. The van der Waals surface area contributed by atoms with Crippen LogP contribution >= 0.6 is 0 Å². The summed E-state index contributed by atoms with van der Waals surface area (Å²) in [6.45, 7) is 7.24. The Morgan fingerprint density at radius 1 is 1.11 bits per heavy atom. The van der Waals surface area contributed by atoms with Gasteiger partial charge in [-0.2, -0.15) is 0 Å². The molecule has 2 aromatic rings. The van der Waals surface area contributed by atoms with E-state index in [-0.39, 0.29) is 12.5 Å². The van der Waals surface area contributed by atoms with Crippen LogP contribution < -0.4 is 16.0 Å². The molecule has 0 fully saturated rings. The lowest BCUT2D eigenvalue weighted by molar-refractivity contribution is 0.0428. The molecule has 27 heavy (non-hydrogen) atoms. The molecule has 1 aromatic heterocycles. The third-order valence-electron chi connectivity index (χ3n) is 3.90. The van der Waals surface area contributed by atoms with Crippen molar-refractivity contribution in [3.05, 3.63) is 59.5 Å². The number of nitrogens with zero attached hydrogens (tertiary/aromatic N) is 1. The third-order valence-corrected chi connectivity index (χ3v) is 3.90. The maximum Gasteiger partial charge on any atom is 0.251 e. The SMILES string of the molecule is CCNC(=NCC(C)(O)c1ccc(C)o1)NCCNC(=O)c1ccccc1. The summed E-state index contributed by atoms with van der Waals surface area (Å²) in [5.74, 6) is 1.67. The fraction of sp³-hybridized carbons (Fsp3) is 0.400. The van der Waals surface area contributed by atoms with Crippen molar-refractivity contribution in [3.63, 3.8) is 0 Å². The predicted octanol–water partition coefficient (Wildman–Crippen LogP) is 1.78. The zero-order valence-electron chi connectivity index (χ0n) is 16.1. The van der Waals surface area contributed by atoms with E-state index >= 15 is 0 Å². The van der Waals surface area contributed by atoms with E-state index in [9.17, 15) is 9.90 Å². The van der Waals surface area contributed by atoms with Gasteiger partial charge in [0.1, 0.15) is 17.1 Å². The molecular weight excluding hydrogens is 344 g/mol. The molecule has 0 aliphatic heterocycles. The Labute approximate surface area is 159 Å². The number of amides is 1. The fourth-order valence-corrected chi connectivity index (χ4v) is 2.43. The van der Waals surface area contributed by atoms with Gasteiger partial charge >= 0.3 is 0 Å². The Kier molecular flexibility index (Phi) is 7.43. The smallest absolute Gasteiger partial charge is 0.251 e. The Morgan fingerprint density at radius 3 is 2.44 bits per heavy atom. The molecule has 2 rings (SSSR count). The van der Waals surface area contributed by atoms with E-state index in [0.717, 1.165) is 5.76 Å². The Morgan fingerprint density at radius 2 is 1.81 bits per heavy atom. The molecule has 1 unspecified atom stereocenters. The van der Waals surface area contributed by atoms with E-state index in [1.54, 1.807) is 25.1 Å². The van der Waals surface area contributed by atoms with Crippen molar-refractivity contribution in [2.24, 2.45) is 4.99 Å². The van der Waals surface area contributed by atoms with Crippen LogP contribution in [0.15, 0.2) is 51.9 Å². The van der Waals surface area contributed by atoms with Gasteiger partial charge in [-0.3, -0.25) is 4.79 Å². The number of furan rings is 1. The summed E-state index contributed by atoms with van der Waals surface area (Å²) in [6, 6.07) is 12.6. The summed E-state index contributed by atoms with van der Waals surface area (Å²) in [7, 11) is 0. The molecule has 7 heteroatoms. The van der Waals surface area contributed by atoms with Gasteiger partial charge in [-0.1, -0.05) is 18.2 Å². The van der Waals surface area contributed by atoms with E-state index in [0.29, 0.717) is 36.9 Å². The zero-order valence-corrected chi connectivity index (χ0v) is 16.1. The van der Waals surface area contributed by atoms with E-state index in [1.165, 1.54) is 0 Å². The first-order valence-electron chi connectivity index (χ1n) is 9.07. The lowest BCUT2D eigenvalue weighted by Crippen LogP contribution is -2.42. The van der Waals surface area contributed by atoms with Crippen LogP contribution in [0, 0.1) is 6.92 Å². The minimum atomic E-state index is -1.20. The van der Waals surface area contributed by atoms with E-state index in [1.807, 2.05) is 38.1 Å². The van der Waals surface area contributed by atoms with Gasteiger partial charge in [0.05, 0.1) is 6.54 Å². The summed E-state index contributed by atoms with van der Waals surface area (Å²) in [5.41, 5.74) is -0.569. The zero-order chi connectivity index (χ0) is 19.7. The average molecular weight is 372 g/mol. The van der Waals surface area contributed by atoms with Gasteiger partial charge in [-0.05, 0) is 45.0 Å². The molecule has 0 spiro atoms. The second-order valence-electron chi connectivity index (χ2n) is 6.43. The molecule has 146 valence electrons. The first kappa shape index (κ1) is 20.5. The molecule has 0 saturated carbocycles. The lowest BCUT2D eigenvalue weighted by Gasteiger charge is -2.19. The van der Waals surface area contributed by atoms with Gasteiger partial charge in [0.2, 0.25) is 0 Å². The van der Waals surface area contributed by atoms with Crippen LogP contribution in [-0.4, -0.2) is 43.2 Å². The van der Waals surface area contributed by atoms with Crippen LogP contribution in [0.25, 0.3) is 0 Å². The van der Waals surface area contributed by atoms with Crippen LogP contribution in [-0.2, 0) is 5.60 Å². The summed E-state index contributed by atoms with van der Waals surface area (Å²) in [4.78, 5) is 16.4. The second kappa shape index (κ2) is 9.78.